The van der Waals surface area contributed by atoms with Crippen LogP contribution < -0.4 is 10.6 Å². The van der Waals surface area contributed by atoms with Gasteiger partial charge in [-0.3, -0.25) is 20.2 Å². The van der Waals surface area contributed by atoms with Gasteiger partial charge >= 0.3 is 0 Å². The van der Waals surface area contributed by atoms with Crippen LogP contribution in [-0.2, 0) is 9.59 Å². The van der Waals surface area contributed by atoms with E-state index in [1.807, 2.05) is 18.2 Å². The van der Waals surface area contributed by atoms with Gasteiger partial charge in [0.2, 0.25) is 0 Å². The molecule has 2 aromatic carbocycles. The SMILES string of the molecule is O=C1NC(=S)NC(=O)C1=Cc1ccc(-c2cccc(O)c2)cc1. The van der Waals surface area contributed by atoms with Crippen molar-refractivity contribution in [3.8, 4) is 16.9 Å². The molecule has 0 aliphatic carbocycles. The number of phenolic OH excluding ortho intramolecular Hbond substituents is 1. The van der Waals surface area contributed by atoms with Crippen LogP contribution >= 0.6 is 12.2 Å². The topological polar surface area (TPSA) is 78.4 Å². The average molecular weight is 324 g/mol. The van der Waals surface area contributed by atoms with Gasteiger partial charge in [-0.2, -0.15) is 0 Å². The summed E-state index contributed by atoms with van der Waals surface area (Å²) in [5.41, 5.74) is 2.51. The predicted molar refractivity (Wildman–Crippen MR) is 90.4 cm³/mol. The fraction of sp³-hybridized carbons (Fsp3) is 0. The number of rotatable bonds is 2. The fourth-order valence-electron chi connectivity index (χ4n) is 2.23. The molecule has 1 aliphatic rings. The molecule has 1 aliphatic heterocycles. The van der Waals surface area contributed by atoms with Gasteiger partial charge in [-0.15, -0.1) is 0 Å². The molecular weight excluding hydrogens is 312 g/mol. The minimum atomic E-state index is -0.518. The second-order valence-corrected chi connectivity index (χ2v) is 5.38. The molecule has 114 valence electrons. The van der Waals surface area contributed by atoms with Crippen molar-refractivity contribution in [2.24, 2.45) is 0 Å². The maximum atomic E-state index is 11.8. The second-order valence-electron chi connectivity index (χ2n) is 4.97. The molecule has 0 saturated carbocycles. The Morgan fingerprint density at radius 3 is 2.17 bits per heavy atom. The van der Waals surface area contributed by atoms with Gasteiger partial charge in [0.1, 0.15) is 11.3 Å². The van der Waals surface area contributed by atoms with Gasteiger partial charge in [0.25, 0.3) is 11.8 Å². The lowest BCUT2D eigenvalue weighted by Gasteiger charge is -2.16. The Balaban J connectivity index is 1.88. The molecule has 0 spiro atoms. The van der Waals surface area contributed by atoms with E-state index in [9.17, 15) is 14.7 Å². The van der Waals surface area contributed by atoms with E-state index < -0.39 is 11.8 Å². The molecule has 0 bridgehead atoms. The zero-order valence-electron chi connectivity index (χ0n) is 11.9. The number of thiocarbonyl (C=S) groups is 1. The quantitative estimate of drug-likeness (QED) is 0.448. The first-order valence-electron chi connectivity index (χ1n) is 6.81. The summed E-state index contributed by atoms with van der Waals surface area (Å²) in [6, 6.07) is 14.2. The molecule has 3 rings (SSSR count). The first-order chi connectivity index (χ1) is 11.0. The summed E-state index contributed by atoms with van der Waals surface area (Å²) in [6.07, 6.45) is 1.50. The molecule has 0 aromatic heterocycles. The molecular formula is C17H12N2O3S. The number of nitrogens with one attached hydrogen (secondary N) is 2. The number of carbonyl (C=O) groups is 2. The monoisotopic (exact) mass is 324 g/mol. The summed E-state index contributed by atoms with van der Waals surface area (Å²) in [5.74, 6) is -0.841. The van der Waals surface area contributed by atoms with Gasteiger partial charge in [-0.1, -0.05) is 36.4 Å². The van der Waals surface area contributed by atoms with Crippen molar-refractivity contribution in [1.29, 1.82) is 0 Å². The third kappa shape index (κ3) is 3.27. The van der Waals surface area contributed by atoms with Crippen molar-refractivity contribution in [2.75, 3.05) is 0 Å². The molecule has 0 radical (unpaired) electrons. The van der Waals surface area contributed by atoms with E-state index in [4.69, 9.17) is 12.2 Å². The number of hydrogen-bond acceptors (Lipinski definition) is 4. The lowest BCUT2D eigenvalue weighted by molar-refractivity contribution is -0.123. The summed E-state index contributed by atoms with van der Waals surface area (Å²) in [4.78, 5) is 23.6. The zero-order valence-corrected chi connectivity index (χ0v) is 12.7. The Bertz CT molecular complexity index is 819. The second kappa shape index (κ2) is 6.02. The van der Waals surface area contributed by atoms with Crippen LogP contribution in [0.5, 0.6) is 5.75 Å². The predicted octanol–water partition coefficient (Wildman–Crippen LogP) is 1.97. The van der Waals surface area contributed by atoms with Gasteiger partial charge in [-0.25, -0.2) is 0 Å². The lowest BCUT2D eigenvalue weighted by atomic mass is 10.0. The fourth-order valence-corrected chi connectivity index (χ4v) is 2.42. The van der Waals surface area contributed by atoms with E-state index in [-0.39, 0.29) is 16.4 Å². The summed E-state index contributed by atoms with van der Waals surface area (Å²) in [5, 5.41) is 14.3. The Morgan fingerprint density at radius 2 is 1.57 bits per heavy atom. The van der Waals surface area contributed by atoms with E-state index in [0.717, 1.165) is 11.1 Å². The number of benzene rings is 2. The van der Waals surface area contributed by atoms with Crippen molar-refractivity contribution in [3.05, 3.63) is 59.7 Å². The molecule has 1 saturated heterocycles. The van der Waals surface area contributed by atoms with Crippen molar-refractivity contribution >= 4 is 35.2 Å². The Kier molecular flexibility index (Phi) is 3.91. The number of aromatic hydroxyl groups is 1. The van der Waals surface area contributed by atoms with Crippen LogP contribution in [0.15, 0.2) is 54.1 Å². The average Bonchev–Trinajstić information content (AvgIpc) is 2.51. The Morgan fingerprint density at radius 1 is 0.913 bits per heavy atom. The largest absolute Gasteiger partial charge is 0.508 e. The number of hydrogen-bond donors (Lipinski definition) is 3. The highest BCUT2D eigenvalue weighted by Crippen LogP contribution is 2.24. The molecule has 0 atom stereocenters. The summed E-state index contributed by atoms with van der Waals surface area (Å²) in [7, 11) is 0. The van der Waals surface area contributed by atoms with Crippen molar-refractivity contribution < 1.29 is 14.7 Å². The highest BCUT2D eigenvalue weighted by molar-refractivity contribution is 7.80. The zero-order chi connectivity index (χ0) is 16.4. The maximum Gasteiger partial charge on any atom is 0.263 e. The summed E-state index contributed by atoms with van der Waals surface area (Å²) in [6.45, 7) is 0. The molecule has 2 amide bonds. The Labute approximate surface area is 137 Å². The van der Waals surface area contributed by atoms with E-state index >= 15 is 0 Å². The van der Waals surface area contributed by atoms with E-state index in [1.54, 1.807) is 30.3 Å². The van der Waals surface area contributed by atoms with Gasteiger partial charge in [0.15, 0.2) is 5.11 Å². The van der Waals surface area contributed by atoms with Crippen molar-refractivity contribution in [3.63, 3.8) is 0 Å². The van der Waals surface area contributed by atoms with Crippen molar-refractivity contribution in [1.82, 2.24) is 10.6 Å². The minimum absolute atomic E-state index is 0.00343. The molecule has 5 nitrogen and oxygen atoms in total. The maximum absolute atomic E-state index is 11.8. The molecule has 6 heteroatoms. The highest BCUT2D eigenvalue weighted by atomic mass is 32.1. The van der Waals surface area contributed by atoms with Gasteiger partial charge in [0.05, 0.1) is 0 Å². The van der Waals surface area contributed by atoms with Crippen LogP contribution in [0.4, 0.5) is 0 Å². The minimum Gasteiger partial charge on any atom is -0.508 e. The third-order valence-electron chi connectivity index (χ3n) is 3.34. The van der Waals surface area contributed by atoms with Crippen LogP contribution in [0, 0.1) is 0 Å². The first-order valence-corrected chi connectivity index (χ1v) is 7.21. The third-order valence-corrected chi connectivity index (χ3v) is 3.55. The van der Waals surface area contributed by atoms with Crippen molar-refractivity contribution in [2.45, 2.75) is 0 Å². The summed E-state index contributed by atoms with van der Waals surface area (Å²) >= 11 is 4.75. The number of phenols is 1. The number of amides is 2. The molecule has 1 heterocycles. The molecule has 3 N–H and O–H groups in total. The standard InChI is InChI=1S/C17H12N2O3S/c20-13-3-1-2-12(9-13)11-6-4-10(5-7-11)8-14-15(21)18-17(23)19-16(14)22/h1-9,20H,(H2,18,19,21,22,23). The van der Waals surface area contributed by atoms with E-state index in [2.05, 4.69) is 10.6 Å². The first kappa shape index (κ1) is 14.9. The van der Waals surface area contributed by atoms with Gasteiger partial charge < -0.3 is 5.11 Å². The lowest BCUT2D eigenvalue weighted by Crippen LogP contribution is -2.51. The van der Waals surface area contributed by atoms with Crippen LogP contribution in [0.3, 0.4) is 0 Å². The van der Waals surface area contributed by atoms with Crippen LogP contribution in [0.1, 0.15) is 5.56 Å². The van der Waals surface area contributed by atoms with Gasteiger partial charge in [0, 0.05) is 0 Å². The van der Waals surface area contributed by atoms with Crippen LogP contribution in [0.2, 0.25) is 0 Å². The van der Waals surface area contributed by atoms with Crippen LogP contribution in [-0.4, -0.2) is 22.0 Å². The summed E-state index contributed by atoms with van der Waals surface area (Å²) < 4.78 is 0. The Hall–Kier alpha value is -2.99. The molecule has 2 aromatic rings. The molecule has 0 unspecified atom stereocenters. The van der Waals surface area contributed by atoms with E-state index in [0.29, 0.717) is 5.56 Å². The van der Waals surface area contributed by atoms with E-state index in [1.165, 1.54) is 6.08 Å². The highest BCUT2D eigenvalue weighted by Gasteiger charge is 2.25. The normalized spacial score (nSPS) is 14.3. The number of carbonyl (C=O) groups excluding carboxylic acids is 2. The molecule has 1 fully saturated rings. The van der Waals surface area contributed by atoms with Crippen LogP contribution in [0.25, 0.3) is 17.2 Å². The van der Waals surface area contributed by atoms with Gasteiger partial charge in [-0.05, 0) is 47.1 Å². The molecule has 23 heavy (non-hydrogen) atoms. The smallest absolute Gasteiger partial charge is 0.263 e.